The molecule has 5 nitrogen and oxygen atoms in total. The zero-order valence-electron chi connectivity index (χ0n) is 10.9. The van der Waals surface area contributed by atoms with Crippen LogP contribution in [0.3, 0.4) is 0 Å². The van der Waals surface area contributed by atoms with Crippen LogP contribution in [-0.4, -0.2) is 21.6 Å². The fourth-order valence-electron chi connectivity index (χ4n) is 1.90. The number of ether oxygens (including phenoxy) is 1. The average Bonchev–Trinajstić information content (AvgIpc) is 2.89. The number of nitrogens with one attached hydrogen (secondary N) is 2. The molecule has 21 heavy (non-hydrogen) atoms. The van der Waals surface area contributed by atoms with Crippen LogP contribution < -0.4 is 10.1 Å². The van der Waals surface area contributed by atoms with Crippen molar-refractivity contribution in [3.05, 3.63) is 48.3 Å². The number of imidazole rings is 1. The lowest BCUT2D eigenvalue weighted by Gasteiger charge is -2.05. The first-order chi connectivity index (χ1) is 10.2. The van der Waals surface area contributed by atoms with Gasteiger partial charge < -0.3 is 15.0 Å². The number of benzene rings is 1. The lowest BCUT2D eigenvalue weighted by Crippen LogP contribution is -2.05. The summed E-state index contributed by atoms with van der Waals surface area (Å²) in [6, 6.07) is 10.7. The molecule has 0 fully saturated rings. The van der Waals surface area contributed by atoms with Crippen LogP contribution in [0, 0.1) is 0 Å². The molecule has 3 rings (SSSR count). The Bertz CT molecular complexity index is 694. The van der Waals surface area contributed by atoms with Crippen LogP contribution in [0.25, 0.3) is 11.0 Å². The van der Waals surface area contributed by atoms with Gasteiger partial charge in [-0.15, -0.1) is 0 Å². The molecule has 0 amide bonds. The highest BCUT2D eigenvalue weighted by atomic mass is 19.3. The average molecular weight is 290 g/mol. The number of fused-ring (bicyclic) bond motifs is 1. The van der Waals surface area contributed by atoms with Gasteiger partial charge in [-0.1, -0.05) is 12.1 Å². The predicted octanol–water partition coefficient (Wildman–Crippen LogP) is 3.17. The van der Waals surface area contributed by atoms with E-state index in [1.807, 2.05) is 24.3 Å². The smallest absolute Gasteiger partial charge is 0.387 e. The van der Waals surface area contributed by atoms with Gasteiger partial charge in [0, 0.05) is 0 Å². The van der Waals surface area contributed by atoms with Crippen molar-refractivity contribution in [3.63, 3.8) is 0 Å². The zero-order chi connectivity index (χ0) is 14.7. The minimum atomic E-state index is -2.84. The van der Waals surface area contributed by atoms with Crippen LogP contribution in [0.2, 0.25) is 0 Å². The molecule has 1 aromatic carbocycles. The van der Waals surface area contributed by atoms with E-state index in [0.29, 0.717) is 18.2 Å². The molecule has 0 aliphatic heterocycles. The second kappa shape index (κ2) is 5.74. The molecule has 0 aliphatic carbocycles. The molecule has 3 aromatic rings. The van der Waals surface area contributed by atoms with E-state index in [1.54, 1.807) is 6.07 Å². The third-order valence-corrected chi connectivity index (χ3v) is 2.85. The summed E-state index contributed by atoms with van der Waals surface area (Å²) < 4.78 is 28.3. The molecular weight excluding hydrogens is 278 g/mol. The summed E-state index contributed by atoms with van der Waals surface area (Å²) in [6.07, 6.45) is 1.27. The molecule has 2 heterocycles. The van der Waals surface area contributed by atoms with Gasteiger partial charge in [-0.3, -0.25) is 4.98 Å². The Hall–Kier alpha value is -2.70. The number of H-pyrrole nitrogens is 1. The summed E-state index contributed by atoms with van der Waals surface area (Å²) in [5, 5.41) is 3.09. The quantitative estimate of drug-likeness (QED) is 0.757. The first-order valence-corrected chi connectivity index (χ1v) is 6.29. The summed E-state index contributed by atoms with van der Waals surface area (Å²) in [5.74, 6) is 0.670. The third kappa shape index (κ3) is 3.25. The van der Waals surface area contributed by atoms with Gasteiger partial charge in [-0.2, -0.15) is 8.78 Å². The Morgan fingerprint density at radius 3 is 2.76 bits per heavy atom. The molecule has 0 spiro atoms. The van der Waals surface area contributed by atoms with Crippen LogP contribution in [0.15, 0.2) is 42.6 Å². The SMILES string of the molecule is FC(F)Oc1ccc(CNc2nc3ccccc3[nH]2)nc1. The molecule has 2 aromatic heterocycles. The number of nitrogens with zero attached hydrogens (tertiary/aromatic N) is 2. The lowest BCUT2D eigenvalue weighted by atomic mass is 10.3. The van der Waals surface area contributed by atoms with Crippen LogP contribution in [0.1, 0.15) is 5.69 Å². The first kappa shape index (κ1) is 13.3. The monoisotopic (exact) mass is 290 g/mol. The maximum absolute atomic E-state index is 12.0. The Kier molecular flexibility index (Phi) is 3.63. The van der Waals surface area contributed by atoms with Gasteiger partial charge in [0.15, 0.2) is 0 Å². The van der Waals surface area contributed by atoms with Crippen molar-refractivity contribution in [2.45, 2.75) is 13.2 Å². The van der Waals surface area contributed by atoms with Gasteiger partial charge in [-0.05, 0) is 24.3 Å². The minimum absolute atomic E-state index is 0.0393. The number of aromatic amines is 1. The fraction of sp³-hybridized carbons (Fsp3) is 0.143. The van der Waals surface area contributed by atoms with E-state index in [9.17, 15) is 8.78 Å². The Morgan fingerprint density at radius 2 is 2.05 bits per heavy atom. The van der Waals surface area contributed by atoms with E-state index in [-0.39, 0.29) is 5.75 Å². The molecular formula is C14H12F2N4O. The normalized spacial score (nSPS) is 11.0. The van der Waals surface area contributed by atoms with E-state index < -0.39 is 6.61 Å². The summed E-state index contributed by atoms with van der Waals surface area (Å²) >= 11 is 0. The molecule has 108 valence electrons. The van der Waals surface area contributed by atoms with E-state index in [2.05, 4.69) is 25.0 Å². The lowest BCUT2D eigenvalue weighted by molar-refractivity contribution is -0.0500. The maximum Gasteiger partial charge on any atom is 0.387 e. The molecule has 0 unspecified atom stereocenters. The van der Waals surface area contributed by atoms with Crippen LogP contribution >= 0.6 is 0 Å². The Labute approximate surface area is 119 Å². The van der Waals surface area contributed by atoms with Crippen molar-refractivity contribution in [2.24, 2.45) is 0 Å². The van der Waals surface area contributed by atoms with Crippen molar-refractivity contribution >= 4 is 17.0 Å². The standard InChI is InChI=1S/C14H12F2N4O/c15-13(16)21-10-6-5-9(17-8-10)7-18-14-19-11-3-1-2-4-12(11)20-14/h1-6,8,13H,7H2,(H2,18,19,20). The van der Waals surface area contributed by atoms with E-state index in [0.717, 1.165) is 11.0 Å². The van der Waals surface area contributed by atoms with Crippen LogP contribution in [0.4, 0.5) is 14.7 Å². The first-order valence-electron chi connectivity index (χ1n) is 6.29. The van der Waals surface area contributed by atoms with Crippen molar-refractivity contribution < 1.29 is 13.5 Å². The van der Waals surface area contributed by atoms with E-state index >= 15 is 0 Å². The second-order valence-corrected chi connectivity index (χ2v) is 4.32. The minimum Gasteiger partial charge on any atom is -0.433 e. The molecule has 0 aliphatic rings. The van der Waals surface area contributed by atoms with Gasteiger partial charge >= 0.3 is 6.61 Å². The largest absolute Gasteiger partial charge is 0.433 e. The van der Waals surface area contributed by atoms with E-state index in [1.165, 1.54) is 12.3 Å². The van der Waals surface area contributed by atoms with Crippen molar-refractivity contribution in [2.75, 3.05) is 5.32 Å². The number of alkyl halides is 2. The van der Waals surface area contributed by atoms with Gasteiger partial charge in [-0.25, -0.2) is 4.98 Å². The van der Waals surface area contributed by atoms with Gasteiger partial charge in [0.2, 0.25) is 5.95 Å². The second-order valence-electron chi connectivity index (χ2n) is 4.32. The fourth-order valence-corrected chi connectivity index (χ4v) is 1.90. The number of pyridine rings is 1. The number of para-hydroxylation sites is 2. The Morgan fingerprint density at radius 1 is 1.19 bits per heavy atom. The number of anilines is 1. The zero-order valence-corrected chi connectivity index (χ0v) is 10.9. The van der Waals surface area contributed by atoms with E-state index in [4.69, 9.17) is 0 Å². The number of hydrogen-bond acceptors (Lipinski definition) is 4. The van der Waals surface area contributed by atoms with Crippen molar-refractivity contribution in [1.82, 2.24) is 15.0 Å². The van der Waals surface area contributed by atoms with Gasteiger partial charge in [0.1, 0.15) is 5.75 Å². The topological polar surface area (TPSA) is 62.8 Å². The number of halogens is 2. The van der Waals surface area contributed by atoms with Crippen LogP contribution in [0.5, 0.6) is 5.75 Å². The molecule has 0 saturated heterocycles. The maximum atomic E-state index is 12.0. The van der Waals surface area contributed by atoms with Crippen molar-refractivity contribution in [3.8, 4) is 5.75 Å². The highest BCUT2D eigenvalue weighted by Gasteiger charge is 2.05. The predicted molar refractivity (Wildman–Crippen MR) is 74.3 cm³/mol. The van der Waals surface area contributed by atoms with Crippen molar-refractivity contribution in [1.29, 1.82) is 0 Å². The highest BCUT2D eigenvalue weighted by molar-refractivity contribution is 5.77. The molecule has 0 saturated carbocycles. The number of rotatable bonds is 5. The molecule has 0 radical (unpaired) electrons. The molecule has 7 heteroatoms. The Balaban J connectivity index is 1.64. The number of hydrogen-bond donors (Lipinski definition) is 2. The molecule has 2 N–H and O–H groups in total. The summed E-state index contributed by atoms with van der Waals surface area (Å²) in [5.41, 5.74) is 2.50. The molecule has 0 bridgehead atoms. The third-order valence-electron chi connectivity index (χ3n) is 2.85. The molecule has 0 atom stereocenters. The summed E-state index contributed by atoms with van der Waals surface area (Å²) in [6.45, 7) is -2.42. The summed E-state index contributed by atoms with van der Waals surface area (Å²) in [4.78, 5) is 11.5. The number of aromatic nitrogens is 3. The highest BCUT2D eigenvalue weighted by Crippen LogP contribution is 2.15. The van der Waals surface area contributed by atoms with Gasteiger partial charge in [0.25, 0.3) is 0 Å². The van der Waals surface area contributed by atoms with Crippen LogP contribution in [-0.2, 0) is 6.54 Å². The van der Waals surface area contributed by atoms with Gasteiger partial charge in [0.05, 0.1) is 29.5 Å². The summed E-state index contributed by atoms with van der Waals surface area (Å²) in [7, 11) is 0.